The third-order valence-corrected chi connectivity index (χ3v) is 3.21. The normalized spacial score (nSPS) is 11.5. The molecule has 1 aromatic heterocycles. The third kappa shape index (κ3) is 4.06. The molecule has 1 nitrogen and oxygen atoms in total. The number of pyridine rings is 1. The molecular weight excluding hydrogens is 230 g/mol. The van der Waals surface area contributed by atoms with E-state index in [1.165, 1.54) is 36.0 Å². The van der Waals surface area contributed by atoms with Gasteiger partial charge in [-0.3, -0.25) is 4.98 Å². The molecule has 0 saturated carbocycles. The lowest BCUT2D eigenvalue weighted by Gasteiger charge is -2.08. The van der Waals surface area contributed by atoms with E-state index in [0.717, 1.165) is 6.42 Å². The summed E-state index contributed by atoms with van der Waals surface area (Å²) in [5.74, 6) is 0. The van der Waals surface area contributed by atoms with E-state index in [4.69, 9.17) is 0 Å². The van der Waals surface area contributed by atoms with Gasteiger partial charge in [0.05, 0.1) is 0 Å². The zero-order valence-corrected chi connectivity index (χ0v) is 11.5. The van der Waals surface area contributed by atoms with Gasteiger partial charge in [-0.05, 0) is 30.0 Å². The summed E-state index contributed by atoms with van der Waals surface area (Å²) in [6.45, 7) is 2.24. The van der Waals surface area contributed by atoms with Crippen LogP contribution in [0.15, 0.2) is 60.9 Å². The van der Waals surface area contributed by atoms with E-state index in [2.05, 4.69) is 54.4 Å². The molecule has 0 aliphatic rings. The zero-order valence-electron chi connectivity index (χ0n) is 11.5. The molecule has 1 heteroatoms. The van der Waals surface area contributed by atoms with E-state index < -0.39 is 0 Å². The minimum atomic E-state index is 1.13. The van der Waals surface area contributed by atoms with Crippen molar-refractivity contribution in [2.45, 2.75) is 32.6 Å². The first-order valence-corrected chi connectivity index (χ1v) is 7.08. The minimum Gasteiger partial charge on any atom is -0.264 e. The summed E-state index contributed by atoms with van der Waals surface area (Å²) in [6.07, 6.45) is 11.1. The van der Waals surface area contributed by atoms with Crippen molar-refractivity contribution in [3.8, 4) is 0 Å². The van der Waals surface area contributed by atoms with E-state index in [9.17, 15) is 0 Å². The minimum absolute atomic E-state index is 1.13. The van der Waals surface area contributed by atoms with E-state index in [1.807, 2.05) is 18.5 Å². The Morgan fingerprint density at radius 2 is 1.79 bits per heavy atom. The second-order valence-electron chi connectivity index (χ2n) is 4.72. The van der Waals surface area contributed by atoms with Gasteiger partial charge in [-0.2, -0.15) is 0 Å². The largest absolute Gasteiger partial charge is 0.264 e. The molecule has 19 heavy (non-hydrogen) atoms. The lowest BCUT2D eigenvalue weighted by molar-refractivity contribution is 0.729. The molecule has 0 radical (unpaired) electrons. The van der Waals surface area contributed by atoms with Crippen molar-refractivity contribution in [2.24, 2.45) is 0 Å². The van der Waals surface area contributed by atoms with Crippen molar-refractivity contribution < 1.29 is 0 Å². The van der Waals surface area contributed by atoms with Crippen LogP contribution >= 0.6 is 0 Å². The fourth-order valence-corrected chi connectivity index (χ4v) is 2.18. The first kappa shape index (κ1) is 13.5. The fraction of sp³-hybridized carbons (Fsp3) is 0.278. The molecule has 0 atom stereocenters. The number of unbranched alkanes of at least 4 members (excludes halogenated alkanes) is 3. The Kier molecular flexibility index (Phi) is 5.36. The first-order chi connectivity index (χ1) is 9.42. The second kappa shape index (κ2) is 7.52. The average Bonchev–Trinajstić information content (AvgIpc) is 2.49. The highest BCUT2D eigenvalue weighted by atomic mass is 14.6. The number of rotatable bonds is 6. The van der Waals surface area contributed by atoms with Crippen LogP contribution in [0, 0.1) is 0 Å². The standard InChI is InChI=1S/C18H21N/c1-2-3-4-8-13-18(16-10-6-5-7-11-16)17-12-9-14-19-15-17/h5-7,9-15H,2-4,8H2,1H3/b18-13+. The van der Waals surface area contributed by atoms with Crippen LogP contribution in [0.3, 0.4) is 0 Å². The van der Waals surface area contributed by atoms with Gasteiger partial charge in [-0.25, -0.2) is 0 Å². The smallest absolute Gasteiger partial charge is 0.0346 e. The highest BCUT2D eigenvalue weighted by Crippen LogP contribution is 2.23. The Balaban J connectivity index is 2.24. The lowest BCUT2D eigenvalue weighted by atomic mass is 9.97. The molecule has 2 rings (SSSR count). The highest BCUT2D eigenvalue weighted by Gasteiger charge is 2.03. The fourth-order valence-electron chi connectivity index (χ4n) is 2.18. The molecule has 0 fully saturated rings. The molecule has 0 unspecified atom stereocenters. The number of benzene rings is 1. The van der Waals surface area contributed by atoms with Gasteiger partial charge in [0.1, 0.15) is 0 Å². The van der Waals surface area contributed by atoms with Crippen molar-refractivity contribution in [1.29, 1.82) is 0 Å². The SMILES string of the molecule is CCCCC/C=C(\c1ccccc1)c1cccnc1. The van der Waals surface area contributed by atoms with Crippen molar-refractivity contribution in [2.75, 3.05) is 0 Å². The summed E-state index contributed by atoms with van der Waals surface area (Å²) in [5, 5.41) is 0. The average molecular weight is 251 g/mol. The molecule has 98 valence electrons. The highest BCUT2D eigenvalue weighted by molar-refractivity contribution is 5.79. The second-order valence-corrected chi connectivity index (χ2v) is 4.72. The van der Waals surface area contributed by atoms with Crippen LogP contribution in [0.2, 0.25) is 0 Å². The molecular formula is C18H21N. The van der Waals surface area contributed by atoms with E-state index in [0.29, 0.717) is 0 Å². The van der Waals surface area contributed by atoms with Gasteiger partial charge < -0.3 is 0 Å². The summed E-state index contributed by atoms with van der Waals surface area (Å²) in [4.78, 5) is 4.23. The molecule has 0 spiro atoms. The maximum Gasteiger partial charge on any atom is 0.0346 e. The Bertz CT molecular complexity index is 458. The molecule has 0 N–H and O–H groups in total. The van der Waals surface area contributed by atoms with Crippen LogP contribution < -0.4 is 0 Å². The van der Waals surface area contributed by atoms with Gasteiger partial charge in [0, 0.05) is 18.0 Å². The number of hydrogen-bond acceptors (Lipinski definition) is 1. The summed E-state index contributed by atoms with van der Waals surface area (Å²) < 4.78 is 0. The topological polar surface area (TPSA) is 12.9 Å². The van der Waals surface area contributed by atoms with Crippen LogP contribution in [0.4, 0.5) is 0 Å². The summed E-state index contributed by atoms with van der Waals surface area (Å²) in [7, 11) is 0. The Morgan fingerprint density at radius 3 is 2.47 bits per heavy atom. The number of allylic oxidation sites excluding steroid dienone is 1. The van der Waals surface area contributed by atoms with Gasteiger partial charge in [-0.15, -0.1) is 0 Å². The Labute approximate surface area is 116 Å². The zero-order chi connectivity index (χ0) is 13.3. The Hall–Kier alpha value is -1.89. The van der Waals surface area contributed by atoms with Crippen LogP contribution in [-0.4, -0.2) is 4.98 Å². The molecule has 0 bridgehead atoms. The van der Waals surface area contributed by atoms with Crippen molar-refractivity contribution in [1.82, 2.24) is 4.98 Å². The van der Waals surface area contributed by atoms with Gasteiger partial charge in [0.25, 0.3) is 0 Å². The lowest BCUT2D eigenvalue weighted by Crippen LogP contribution is -1.89. The van der Waals surface area contributed by atoms with Gasteiger partial charge in [0.2, 0.25) is 0 Å². The predicted molar refractivity (Wildman–Crippen MR) is 81.9 cm³/mol. The number of aromatic nitrogens is 1. The van der Waals surface area contributed by atoms with Crippen LogP contribution in [0.5, 0.6) is 0 Å². The van der Waals surface area contributed by atoms with Crippen molar-refractivity contribution in [3.63, 3.8) is 0 Å². The molecule has 0 saturated heterocycles. The van der Waals surface area contributed by atoms with E-state index in [-0.39, 0.29) is 0 Å². The molecule has 0 amide bonds. The van der Waals surface area contributed by atoms with Crippen molar-refractivity contribution >= 4 is 5.57 Å². The van der Waals surface area contributed by atoms with E-state index >= 15 is 0 Å². The maximum absolute atomic E-state index is 4.23. The summed E-state index contributed by atoms with van der Waals surface area (Å²) in [5.41, 5.74) is 3.77. The van der Waals surface area contributed by atoms with Gasteiger partial charge in [0.15, 0.2) is 0 Å². The number of nitrogens with zero attached hydrogens (tertiary/aromatic N) is 1. The van der Waals surface area contributed by atoms with Gasteiger partial charge >= 0.3 is 0 Å². The first-order valence-electron chi connectivity index (χ1n) is 7.08. The molecule has 0 aliphatic heterocycles. The summed E-state index contributed by atoms with van der Waals surface area (Å²) in [6, 6.07) is 14.7. The maximum atomic E-state index is 4.23. The van der Waals surface area contributed by atoms with Gasteiger partial charge in [-0.1, -0.05) is 62.2 Å². The number of hydrogen-bond donors (Lipinski definition) is 0. The summed E-state index contributed by atoms with van der Waals surface area (Å²) >= 11 is 0. The van der Waals surface area contributed by atoms with Crippen molar-refractivity contribution in [3.05, 3.63) is 72.1 Å². The predicted octanol–water partition coefficient (Wildman–Crippen LogP) is 5.09. The van der Waals surface area contributed by atoms with Crippen LogP contribution in [0.25, 0.3) is 5.57 Å². The van der Waals surface area contributed by atoms with E-state index in [1.54, 1.807) is 0 Å². The quantitative estimate of drug-likeness (QED) is 0.651. The molecule has 0 aliphatic carbocycles. The van der Waals surface area contributed by atoms with Crippen LogP contribution in [0.1, 0.15) is 43.7 Å². The molecule has 1 aromatic carbocycles. The Morgan fingerprint density at radius 1 is 1.00 bits per heavy atom. The monoisotopic (exact) mass is 251 g/mol. The third-order valence-electron chi connectivity index (χ3n) is 3.21. The molecule has 2 aromatic rings. The van der Waals surface area contributed by atoms with Crippen LogP contribution in [-0.2, 0) is 0 Å². The molecule has 1 heterocycles.